The van der Waals surface area contributed by atoms with Gasteiger partial charge in [-0.15, -0.1) is 6.58 Å². The minimum atomic E-state index is 0.126. The number of hydrogen-bond donors (Lipinski definition) is 2. The van der Waals surface area contributed by atoms with E-state index in [2.05, 4.69) is 16.9 Å². The summed E-state index contributed by atoms with van der Waals surface area (Å²) in [5.74, 6) is 0.126. The van der Waals surface area contributed by atoms with Crippen molar-refractivity contribution in [1.29, 1.82) is 0 Å². The second-order valence-corrected chi connectivity index (χ2v) is 4.53. The van der Waals surface area contributed by atoms with Crippen LogP contribution in [0.2, 0.25) is 0 Å². The molecule has 0 saturated carbocycles. The zero-order valence-electron chi connectivity index (χ0n) is 11.3. The lowest BCUT2D eigenvalue weighted by Crippen LogP contribution is -2.46. The van der Waals surface area contributed by atoms with Crippen LogP contribution in [0.1, 0.15) is 25.3 Å². The van der Waals surface area contributed by atoms with Crippen LogP contribution < -0.4 is 11.1 Å². The minimum Gasteiger partial charge on any atom is -0.349 e. The summed E-state index contributed by atoms with van der Waals surface area (Å²) in [7, 11) is 0. The van der Waals surface area contributed by atoms with Crippen molar-refractivity contribution in [2.75, 3.05) is 0 Å². The van der Waals surface area contributed by atoms with E-state index < -0.39 is 0 Å². The SMILES string of the molecule is C=CC[C@@H](C)N.O=C1C[C@@H](/C=C/c2cccnc2)N1. The molecular formula is C15H21N3O. The van der Waals surface area contributed by atoms with Crippen LogP contribution >= 0.6 is 0 Å². The van der Waals surface area contributed by atoms with Crippen molar-refractivity contribution in [2.24, 2.45) is 5.73 Å². The molecule has 1 aromatic rings. The van der Waals surface area contributed by atoms with Crippen molar-refractivity contribution in [3.05, 3.63) is 48.8 Å². The maximum Gasteiger partial charge on any atom is 0.222 e. The Balaban J connectivity index is 0.000000258. The van der Waals surface area contributed by atoms with Gasteiger partial charge in [0.2, 0.25) is 5.91 Å². The third-order valence-corrected chi connectivity index (χ3v) is 2.50. The molecule has 1 aliphatic heterocycles. The Morgan fingerprint density at radius 2 is 2.42 bits per heavy atom. The number of pyridine rings is 1. The van der Waals surface area contributed by atoms with Crippen molar-refractivity contribution in [3.8, 4) is 0 Å². The Morgan fingerprint density at radius 1 is 1.68 bits per heavy atom. The van der Waals surface area contributed by atoms with E-state index in [1.807, 2.05) is 37.3 Å². The van der Waals surface area contributed by atoms with E-state index in [1.165, 1.54) is 0 Å². The average molecular weight is 259 g/mol. The molecule has 1 aliphatic rings. The lowest BCUT2D eigenvalue weighted by molar-refractivity contribution is -0.127. The van der Waals surface area contributed by atoms with E-state index in [0.717, 1.165) is 12.0 Å². The van der Waals surface area contributed by atoms with E-state index in [4.69, 9.17) is 5.73 Å². The lowest BCUT2D eigenvalue weighted by Gasteiger charge is -2.23. The standard InChI is InChI=1S/C10H10N2O.C5H11N/c13-10-6-9(12-10)4-3-8-2-1-5-11-7-8;1-3-4-5(2)6/h1-5,7,9H,6H2,(H,12,13);3,5H,1,4,6H2,2H3/b4-3+;/t9-;5-/m11/s1. The van der Waals surface area contributed by atoms with Gasteiger partial charge in [-0.3, -0.25) is 9.78 Å². The summed E-state index contributed by atoms with van der Waals surface area (Å²) in [5, 5.41) is 2.77. The zero-order chi connectivity index (χ0) is 14.1. The smallest absolute Gasteiger partial charge is 0.222 e. The fourth-order valence-electron chi connectivity index (χ4n) is 1.47. The molecule has 19 heavy (non-hydrogen) atoms. The molecule has 0 radical (unpaired) electrons. The topological polar surface area (TPSA) is 68.0 Å². The average Bonchev–Trinajstić information content (AvgIpc) is 2.35. The molecule has 0 aliphatic carbocycles. The number of carbonyl (C=O) groups excluding carboxylic acids is 1. The molecule has 3 N–H and O–H groups in total. The van der Waals surface area contributed by atoms with Crippen molar-refractivity contribution in [3.63, 3.8) is 0 Å². The van der Waals surface area contributed by atoms with Crippen LogP contribution in [0.5, 0.6) is 0 Å². The van der Waals surface area contributed by atoms with Crippen molar-refractivity contribution in [1.82, 2.24) is 10.3 Å². The summed E-state index contributed by atoms with van der Waals surface area (Å²) in [6, 6.07) is 4.36. The summed E-state index contributed by atoms with van der Waals surface area (Å²) in [6.07, 6.45) is 10.8. The quantitative estimate of drug-likeness (QED) is 0.641. The van der Waals surface area contributed by atoms with Crippen molar-refractivity contribution >= 4 is 12.0 Å². The monoisotopic (exact) mass is 259 g/mol. The highest BCUT2D eigenvalue weighted by Crippen LogP contribution is 2.08. The third-order valence-electron chi connectivity index (χ3n) is 2.50. The van der Waals surface area contributed by atoms with Gasteiger partial charge < -0.3 is 11.1 Å². The number of aromatic nitrogens is 1. The van der Waals surface area contributed by atoms with E-state index >= 15 is 0 Å². The first kappa shape index (κ1) is 15.1. The van der Waals surface area contributed by atoms with Gasteiger partial charge in [0.1, 0.15) is 0 Å². The lowest BCUT2D eigenvalue weighted by atomic mass is 10.1. The molecule has 4 heteroatoms. The molecule has 4 nitrogen and oxygen atoms in total. The predicted octanol–water partition coefficient (Wildman–Crippen LogP) is 1.89. The first-order valence-electron chi connectivity index (χ1n) is 6.36. The molecule has 1 saturated heterocycles. The number of rotatable bonds is 4. The first-order chi connectivity index (χ1) is 9.11. The maximum atomic E-state index is 10.6. The summed E-state index contributed by atoms with van der Waals surface area (Å²) < 4.78 is 0. The van der Waals surface area contributed by atoms with Gasteiger partial charge >= 0.3 is 0 Å². The number of nitrogens with zero attached hydrogens (tertiary/aromatic N) is 1. The highest BCUT2D eigenvalue weighted by molar-refractivity contribution is 5.84. The normalized spacial score (nSPS) is 18.8. The van der Waals surface area contributed by atoms with Crippen LogP contribution in [0.25, 0.3) is 6.08 Å². The van der Waals surface area contributed by atoms with Crippen LogP contribution in [-0.2, 0) is 4.79 Å². The van der Waals surface area contributed by atoms with Crippen LogP contribution in [0.15, 0.2) is 43.3 Å². The summed E-state index contributed by atoms with van der Waals surface area (Å²) in [6.45, 7) is 5.48. The molecule has 0 aromatic carbocycles. The Labute approximate surface area is 114 Å². The maximum absolute atomic E-state index is 10.6. The summed E-state index contributed by atoms with van der Waals surface area (Å²) in [5.41, 5.74) is 6.39. The van der Waals surface area contributed by atoms with Crippen LogP contribution in [-0.4, -0.2) is 23.0 Å². The molecule has 2 rings (SSSR count). The van der Waals surface area contributed by atoms with Gasteiger partial charge in [-0.05, 0) is 25.0 Å². The molecule has 1 aromatic heterocycles. The van der Waals surface area contributed by atoms with Crippen LogP contribution in [0.4, 0.5) is 0 Å². The second kappa shape index (κ2) is 8.21. The Morgan fingerprint density at radius 3 is 2.84 bits per heavy atom. The van der Waals surface area contributed by atoms with Gasteiger partial charge in [-0.2, -0.15) is 0 Å². The van der Waals surface area contributed by atoms with Crippen molar-refractivity contribution < 1.29 is 4.79 Å². The molecule has 1 amide bonds. The Hall–Kier alpha value is -1.94. The van der Waals surface area contributed by atoms with Gasteiger partial charge in [0.15, 0.2) is 0 Å². The number of amides is 1. The van der Waals surface area contributed by atoms with Crippen molar-refractivity contribution in [2.45, 2.75) is 31.8 Å². The molecule has 1 fully saturated rings. The highest BCUT2D eigenvalue weighted by Gasteiger charge is 2.21. The number of nitrogens with two attached hydrogens (primary N) is 1. The van der Waals surface area contributed by atoms with E-state index in [9.17, 15) is 4.79 Å². The third kappa shape index (κ3) is 6.52. The predicted molar refractivity (Wildman–Crippen MR) is 78.3 cm³/mol. The van der Waals surface area contributed by atoms with E-state index in [1.54, 1.807) is 12.4 Å². The van der Waals surface area contributed by atoms with Crippen LogP contribution in [0, 0.1) is 0 Å². The fraction of sp³-hybridized carbons (Fsp3) is 0.333. The zero-order valence-corrected chi connectivity index (χ0v) is 11.3. The number of carbonyl (C=O) groups is 1. The molecule has 102 valence electrons. The highest BCUT2D eigenvalue weighted by atomic mass is 16.2. The van der Waals surface area contributed by atoms with Gasteiger partial charge in [-0.25, -0.2) is 0 Å². The van der Waals surface area contributed by atoms with Gasteiger partial charge in [0.05, 0.1) is 12.5 Å². The number of hydrogen-bond acceptors (Lipinski definition) is 3. The van der Waals surface area contributed by atoms with Gasteiger partial charge in [-0.1, -0.05) is 24.3 Å². The summed E-state index contributed by atoms with van der Waals surface area (Å²) >= 11 is 0. The van der Waals surface area contributed by atoms with E-state index in [0.29, 0.717) is 6.42 Å². The Bertz CT molecular complexity index is 418. The largest absolute Gasteiger partial charge is 0.349 e. The summed E-state index contributed by atoms with van der Waals surface area (Å²) in [4.78, 5) is 14.5. The van der Waals surface area contributed by atoms with Gasteiger partial charge in [0, 0.05) is 18.4 Å². The van der Waals surface area contributed by atoms with Crippen LogP contribution in [0.3, 0.4) is 0 Å². The van der Waals surface area contributed by atoms with E-state index in [-0.39, 0.29) is 18.0 Å². The van der Waals surface area contributed by atoms with Gasteiger partial charge in [0.25, 0.3) is 0 Å². The molecule has 0 bridgehead atoms. The Kier molecular flexibility index (Phi) is 6.53. The minimum absolute atomic E-state index is 0.126. The number of nitrogens with one attached hydrogen (secondary N) is 1. The molecule has 0 spiro atoms. The number of β-lactam (4-membered cyclic amide) rings is 1. The molecule has 0 unspecified atom stereocenters. The first-order valence-corrected chi connectivity index (χ1v) is 6.36. The second-order valence-electron chi connectivity index (χ2n) is 4.53. The fourth-order valence-corrected chi connectivity index (χ4v) is 1.47. The molecular weight excluding hydrogens is 238 g/mol. The molecule has 2 heterocycles. The molecule has 2 atom stereocenters.